The minimum absolute atomic E-state index is 0.339. The zero-order valence-corrected chi connectivity index (χ0v) is 10.7. The van der Waals surface area contributed by atoms with E-state index in [1.807, 2.05) is 18.9 Å². The molecule has 1 N–H and O–H groups in total. The van der Waals surface area contributed by atoms with E-state index in [1.54, 1.807) is 6.92 Å². The number of thiophene rings is 1. The highest BCUT2D eigenvalue weighted by Crippen LogP contribution is 2.34. The van der Waals surface area contributed by atoms with E-state index in [2.05, 4.69) is 9.97 Å². The first-order valence-electron chi connectivity index (χ1n) is 5.24. The molecule has 2 heterocycles. The van der Waals surface area contributed by atoms with Crippen molar-refractivity contribution in [2.24, 2.45) is 0 Å². The lowest BCUT2D eigenvalue weighted by atomic mass is 10.2. The molecule has 0 bridgehead atoms. The molecule has 2 aromatic heterocycles. The fourth-order valence-electron chi connectivity index (χ4n) is 1.70. The maximum atomic E-state index is 11.1. The van der Waals surface area contributed by atoms with Crippen molar-refractivity contribution in [2.75, 3.05) is 18.5 Å². The number of anilines is 1. The fourth-order valence-corrected chi connectivity index (χ4v) is 2.68. The Morgan fingerprint density at radius 2 is 2.24 bits per heavy atom. The second kappa shape index (κ2) is 4.29. The lowest BCUT2D eigenvalue weighted by Gasteiger charge is -2.16. The molecule has 2 rings (SSSR count). The van der Waals surface area contributed by atoms with Gasteiger partial charge in [-0.25, -0.2) is 14.8 Å². The summed E-state index contributed by atoms with van der Waals surface area (Å²) in [5.41, 5.74) is 0.744. The molecule has 2 aromatic rings. The summed E-state index contributed by atoms with van der Waals surface area (Å²) in [4.78, 5) is 22.5. The summed E-state index contributed by atoms with van der Waals surface area (Å²) in [6, 6.07) is 0. The van der Waals surface area contributed by atoms with Crippen LogP contribution in [0.3, 0.4) is 0 Å². The van der Waals surface area contributed by atoms with Gasteiger partial charge in [-0.05, 0) is 19.4 Å². The van der Waals surface area contributed by atoms with Crippen LogP contribution in [0.2, 0.25) is 0 Å². The van der Waals surface area contributed by atoms with Gasteiger partial charge in [0.25, 0.3) is 0 Å². The summed E-state index contributed by atoms with van der Waals surface area (Å²) in [5.74, 6) is -0.116. The highest BCUT2D eigenvalue weighted by molar-refractivity contribution is 7.20. The third-order valence-electron chi connectivity index (χ3n) is 2.74. The number of aryl methyl sites for hydroxylation is 1. The normalized spacial score (nSPS) is 10.8. The van der Waals surface area contributed by atoms with Gasteiger partial charge in [-0.2, -0.15) is 0 Å². The van der Waals surface area contributed by atoms with Gasteiger partial charge < -0.3 is 10.0 Å². The van der Waals surface area contributed by atoms with E-state index in [-0.39, 0.29) is 0 Å². The predicted octanol–water partition coefficient (Wildman–Crippen LogP) is 2.15. The van der Waals surface area contributed by atoms with E-state index in [1.165, 1.54) is 17.7 Å². The Labute approximate surface area is 103 Å². The van der Waals surface area contributed by atoms with Gasteiger partial charge in [0, 0.05) is 13.6 Å². The number of aromatic carboxylic acids is 1. The number of carbonyl (C=O) groups is 1. The Hall–Kier alpha value is -1.69. The minimum Gasteiger partial charge on any atom is -0.477 e. The number of fused-ring (bicyclic) bond motifs is 1. The van der Waals surface area contributed by atoms with Crippen molar-refractivity contribution in [3.05, 3.63) is 16.8 Å². The Bertz CT molecular complexity index is 579. The molecule has 0 spiro atoms. The van der Waals surface area contributed by atoms with Gasteiger partial charge in [-0.1, -0.05) is 0 Å². The molecular weight excluding hydrogens is 238 g/mol. The molecule has 17 heavy (non-hydrogen) atoms. The van der Waals surface area contributed by atoms with Crippen LogP contribution in [0.5, 0.6) is 0 Å². The summed E-state index contributed by atoms with van der Waals surface area (Å²) < 4.78 is 0. The first-order valence-corrected chi connectivity index (χ1v) is 6.06. The third kappa shape index (κ3) is 1.84. The van der Waals surface area contributed by atoms with Gasteiger partial charge in [0.15, 0.2) is 0 Å². The molecular formula is C11H13N3O2S. The summed E-state index contributed by atoms with van der Waals surface area (Å²) in [6.07, 6.45) is 1.48. The van der Waals surface area contributed by atoms with E-state index < -0.39 is 5.97 Å². The first-order chi connectivity index (χ1) is 8.06. The maximum absolute atomic E-state index is 11.1. The number of aromatic nitrogens is 2. The molecule has 0 saturated carbocycles. The van der Waals surface area contributed by atoms with Gasteiger partial charge >= 0.3 is 5.97 Å². The maximum Gasteiger partial charge on any atom is 0.346 e. The van der Waals surface area contributed by atoms with Crippen LogP contribution in [0, 0.1) is 6.92 Å². The van der Waals surface area contributed by atoms with Crippen LogP contribution in [0.4, 0.5) is 5.82 Å². The van der Waals surface area contributed by atoms with Crippen LogP contribution >= 0.6 is 11.3 Å². The van der Waals surface area contributed by atoms with Gasteiger partial charge in [-0.3, -0.25) is 0 Å². The molecule has 0 amide bonds. The minimum atomic E-state index is -0.907. The molecule has 90 valence electrons. The molecule has 6 heteroatoms. The molecule has 0 fully saturated rings. The lowest BCUT2D eigenvalue weighted by molar-refractivity contribution is 0.0701. The van der Waals surface area contributed by atoms with Gasteiger partial charge in [-0.15, -0.1) is 11.3 Å². The van der Waals surface area contributed by atoms with Crippen molar-refractivity contribution in [1.29, 1.82) is 0 Å². The SMILES string of the molecule is CCN(C)c1ncnc2sc(C(=O)O)c(C)c12. The second-order valence-corrected chi connectivity index (χ2v) is 4.75. The number of carboxylic acid groups (broad SMARTS) is 1. The summed E-state index contributed by atoms with van der Waals surface area (Å²) in [6.45, 7) is 4.64. The number of carboxylic acids is 1. The molecule has 5 nitrogen and oxygen atoms in total. The number of hydrogen-bond acceptors (Lipinski definition) is 5. The summed E-state index contributed by atoms with van der Waals surface area (Å²) in [5, 5.41) is 9.95. The largest absolute Gasteiger partial charge is 0.477 e. The van der Waals surface area contributed by atoms with Gasteiger partial charge in [0.05, 0.1) is 5.39 Å². The van der Waals surface area contributed by atoms with E-state index in [9.17, 15) is 4.79 Å². The van der Waals surface area contributed by atoms with Crippen LogP contribution in [-0.4, -0.2) is 34.6 Å². The van der Waals surface area contributed by atoms with Crippen LogP contribution in [-0.2, 0) is 0 Å². The lowest BCUT2D eigenvalue weighted by Crippen LogP contribution is -2.17. The third-order valence-corrected chi connectivity index (χ3v) is 3.92. The first kappa shape index (κ1) is 11.8. The number of nitrogens with zero attached hydrogens (tertiary/aromatic N) is 3. The van der Waals surface area contributed by atoms with Crippen LogP contribution in [0.25, 0.3) is 10.2 Å². The van der Waals surface area contributed by atoms with Crippen LogP contribution in [0.15, 0.2) is 6.33 Å². The summed E-state index contributed by atoms with van der Waals surface area (Å²) in [7, 11) is 1.93. The molecule has 0 unspecified atom stereocenters. The topological polar surface area (TPSA) is 66.3 Å². The predicted molar refractivity (Wildman–Crippen MR) is 68.1 cm³/mol. The standard InChI is InChI=1S/C11H13N3O2S/c1-4-14(3)9-7-6(2)8(11(15)16)17-10(7)13-5-12-9/h5H,4H2,1-3H3,(H,15,16). The zero-order chi connectivity index (χ0) is 12.6. The van der Waals surface area contributed by atoms with Crippen molar-refractivity contribution in [1.82, 2.24) is 9.97 Å². The Balaban J connectivity index is 2.75. The van der Waals surface area contributed by atoms with Crippen molar-refractivity contribution in [3.63, 3.8) is 0 Å². The van der Waals surface area contributed by atoms with Crippen molar-refractivity contribution < 1.29 is 9.90 Å². The summed E-state index contributed by atoms with van der Waals surface area (Å²) >= 11 is 1.20. The molecule has 0 aliphatic rings. The quantitative estimate of drug-likeness (QED) is 0.905. The Morgan fingerprint density at radius 3 is 2.82 bits per heavy atom. The average molecular weight is 251 g/mol. The average Bonchev–Trinajstić information content (AvgIpc) is 2.66. The second-order valence-electron chi connectivity index (χ2n) is 3.75. The van der Waals surface area contributed by atoms with E-state index in [4.69, 9.17) is 5.11 Å². The van der Waals surface area contributed by atoms with Crippen molar-refractivity contribution in [3.8, 4) is 0 Å². The van der Waals surface area contributed by atoms with Crippen molar-refractivity contribution in [2.45, 2.75) is 13.8 Å². The van der Waals surface area contributed by atoms with E-state index >= 15 is 0 Å². The van der Waals surface area contributed by atoms with E-state index in [0.29, 0.717) is 4.88 Å². The zero-order valence-electron chi connectivity index (χ0n) is 9.89. The number of hydrogen-bond donors (Lipinski definition) is 1. The molecule has 0 aliphatic carbocycles. The molecule has 0 saturated heterocycles. The van der Waals surface area contributed by atoms with Gasteiger partial charge in [0.1, 0.15) is 21.9 Å². The van der Waals surface area contributed by atoms with Gasteiger partial charge in [0.2, 0.25) is 0 Å². The molecule has 0 aliphatic heterocycles. The number of rotatable bonds is 3. The molecule has 0 aromatic carbocycles. The van der Waals surface area contributed by atoms with Crippen LogP contribution < -0.4 is 4.90 Å². The highest BCUT2D eigenvalue weighted by atomic mass is 32.1. The molecule has 0 atom stereocenters. The Morgan fingerprint density at radius 1 is 1.53 bits per heavy atom. The fraction of sp³-hybridized carbons (Fsp3) is 0.364. The van der Waals surface area contributed by atoms with Crippen molar-refractivity contribution >= 4 is 33.3 Å². The highest BCUT2D eigenvalue weighted by Gasteiger charge is 2.19. The van der Waals surface area contributed by atoms with Crippen LogP contribution in [0.1, 0.15) is 22.2 Å². The smallest absolute Gasteiger partial charge is 0.346 e. The monoisotopic (exact) mass is 251 g/mol. The Kier molecular flexibility index (Phi) is 2.97. The van der Waals surface area contributed by atoms with E-state index in [0.717, 1.165) is 28.1 Å². The molecule has 0 radical (unpaired) electrons.